The molecule has 24 heavy (non-hydrogen) atoms. The lowest BCUT2D eigenvalue weighted by atomic mass is 9.98. The molecule has 0 amide bonds. The topological polar surface area (TPSA) is 12.9 Å². The third-order valence-electron chi connectivity index (χ3n) is 4.38. The van der Waals surface area contributed by atoms with Crippen LogP contribution in [0.4, 0.5) is 0 Å². The largest absolute Gasteiger partial charge is 0.237 e. The maximum absolute atomic E-state index is 4.89. The first kappa shape index (κ1) is 15.1. The van der Waals surface area contributed by atoms with Crippen LogP contribution in [-0.2, 0) is 0 Å². The summed E-state index contributed by atoms with van der Waals surface area (Å²) in [5, 5.41) is 1.22. The Labute approximate surface area is 146 Å². The summed E-state index contributed by atoms with van der Waals surface area (Å²) < 4.78 is 0. The highest BCUT2D eigenvalue weighted by atomic mass is 32.1. The van der Waals surface area contributed by atoms with Crippen molar-refractivity contribution >= 4 is 21.6 Å². The number of nitrogens with zero attached hydrogens (tertiary/aromatic N) is 1. The van der Waals surface area contributed by atoms with Crippen molar-refractivity contribution in [1.82, 2.24) is 4.98 Å². The van der Waals surface area contributed by atoms with E-state index >= 15 is 0 Å². The molecule has 0 radical (unpaired) electrons. The molecular formula is C22H19NS. The van der Waals surface area contributed by atoms with Crippen molar-refractivity contribution in [3.63, 3.8) is 0 Å². The van der Waals surface area contributed by atoms with E-state index in [9.17, 15) is 0 Å². The van der Waals surface area contributed by atoms with Crippen molar-refractivity contribution in [1.29, 1.82) is 0 Å². The van der Waals surface area contributed by atoms with E-state index in [2.05, 4.69) is 75.4 Å². The van der Waals surface area contributed by atoms with Crippen LogP contribution in [0.2, 0.25) is 0 Å². The van der Waals surface area contributed by atoms with Crippen molar-refractivity contribution in [2.24, 2.45) is 0 Å². The van der Waals surface area contributed by atoms with Crippen LogP contribution in [0.5, 0.6) is 0 Å². The first-order valence-electron chi connectivity index (χ1n) is 8.16. The van der Waals surface area contributed by atoms with E-state index in [1.54, 1.807) is 11.3 Å². The Morgan fingerprint density at radius 1 is 0.792 bits per heavy atom. The number of fused-ring (bicyclic) bond motifs is 1. The van der Waals surface area contributed by atoms with Crippen LogP contribution in [0, 0.1) is 20.8 Å². The molecule has 0 aliphatic carbocycles. The molecule has 2 heteroatoms. The molecule has 2 aromatic heterocycles. The lowest BCUT2D eigenvalue weighted by Crippen LogP contribution is -1.87. The van der Waals surface area contributed by atoms with Gasteiger partial charge in [0.15, 0.2) is 0 Å². The number of rotatable bonds is 2. The Hall–Kier alpha value is -2.45. The Kier molecular flexibility index (Phi) is 3.70. The monoisotopic (exact) mass is 329 g/mol. The average Bonchev–Trinajstić information content (AvgIpc) is 2.97. The molecule has 4 rings (SSSR count). The van der Waals surface area contributed by atoms with E-state index in [-0.39, 0.29) is 0 Å². The van der Waals surface area contributed by atoms with Gasteiger partial charge >= 0.3 is 0 Å². The highest BCUT2D eigenvalue weighted by Crippen LogP contribution is 2.37. The van der Waals surface area contributed by atoms with Gasteiger partial charge in [0.1, 0.15) is 4.83 Å². The summed E-state index contributed by atoms with van der Waals surface area (Å²) in [5.41, 5.74) is 7.54. The van der Waals surface area contributed by atoms with Crippen LogP contribution in [0.15, 0.2) is 60.7 Å². The fraction of sp³-hybridized carbons (Fsp3) is 0.136. The van der Waals surface area contributed by atoms with Crippen LogP contribution in [-0.4, -0.2) is 4.98 Å². The van der Waals surface area contributed by atoms with Gasteiger partial charge in [0.2, 0.25) is 0 Å². The van der Waals surface area contributed by atoms with Gasteiger partial charge in [-0.3, -0.25) is 0 Å². The molecule has 0 aliphatic heterocycles. The normalized spacial score (nSPS) is 11.1. The Morgan fingerprint density at radius 2 is 1.50 bits per heavy atom. The summed E-state index contributed by atoms with van der Waals surface area (Å²) in [6.45, 7) is 6.55. The zero-order chi connectivity index (χ0) is 16.7. The van der Waals surface area contributed by atoms with E-state index in [1.165, 1.54) is 32.5 Å². The summed E-state index contributed by atoms with van der Waals surface area (Å²) in [4.78, 5) is 7.29. The maximum atomic E-state index is 4.89. The fourth-order valence-corrected chi connectivity index (χ4v) is 4.59. The minimum absolute atomic E-state index is 1.04. The van der Waals surface area contributed by atoms with E-state index in [1.807, 2.05) is 6.07 Å². The van der Waals surface area contributed by atoms with E-state index in [0.29, 0.717) is 0 Å². The molecule has 0 fully saturated rings. The molecule has 2 heterocycles. The number of pyridine rings is 1. The van der Waals surface area contributed by atoms with Crippen LogP contribution >= 0.6 is 11.3 Å². The van der Waals surface area contributed by atoms with Crippen molar-refractivity contribution in [3.8, 4) is 21.7 Å². The Balaban J connectivity index is 1.85. The second-order valence-electron chi connectivity index (χ2n) is 6.34. The molecule has 0 saturated heterocycles. The molecule has 0 unspecified atom stereocenters. The minimum Gasteiger partial charge on any atom is -0.237 e. The second-order valence-corrected chi connectivity index (χ2v) is 7.37. The molecule has 0 spiro atoms. The minimum atomic E-state index is 1.04. The molecule has 0 atom stereocenters. The highest BCUT2D eigenvalue weighted by molar-refractivity contribution is 7.21. The molecule has 1 nitrogen and oxygen atoms in total. The van der Waals surface area contributed by atoms with Gasteiger partial charge in [-0.05, 0) is 55.7 Å². The fourth-order valence-electron chi connectivity index (χ4n) is 3.38. The van der Waals surface area contributed by atoms with Crippen molar-refractivity contribution in [3.05, 3.63) is 77.4 Å². The van der Waals surface area contributed by atoms with Crippen LogP contribution in [0.3, 0.4) is 0 Å². The van der Waals surface area contributed by atoms with Crippen LogP contribution in [0.1, 0.15) is 16.7 Å². The quantitative estimate of drug-likeness (QED) is 0.406. The molecule has 0 aliphatic rings. The second kappa shape index (κ2) is 5.88. The van der Waals surface area contributed by atoms with E-state index in [0.717, 1.165) is 16.1 Å². The predicted molar refractivity (Wildman–Crippen MR) is 105 cm³/mol. The molecule has 4 aromatic rings. The van der Waals surface area contributed by atoms with E-state index in [4.69, 9.17) is 4.98 Å². The van der Waals surface area contributed by atoms with Gasteiger partial charge in [0.05, 0.1) is 5.69 Å². The SMILES string of the molecule is Cc1cc(C)c(-c2cc3ccc(-c4ccccc4)nc3s2)c(C)c1. The first-order valence-corrected chi connectivity index (χ1v) is 8.98. The summed E-state index contributed by atoms with van der Waals surface area (Å²) in [5.74, 6) is 0. The van der Waals surface area contributed by atoms with Gasteiger partial charge in [-0.15, -0.1) is 11.3 Å². The van der Waals surface area contributed by atoms with Gasteiger partial charge in [-0.2, -0.15) is 0 Å². The summed E-state index contributed by atoms with van der Waals surface area (Å²) in [7, 11) is 0. The third kappa shape index (κ3) is 2.63. The lowest BCUT2D eigenvalue weighted by Gasteiger charge is -2.09. The zero-order valence-electron chi connectivity index (χ0n) is 14.1. The molecular weight excluding hydrogens is 310 g/mol. The number of benzene rings is 2. The first-order chi connectivity index (χ1) is 11.6. The number of hydrogen-bond acceptors (Lipinski definition) is 2. The van der Waals surface area contributed by atoms with Gasteiger partial charge in [-0.25, -0.2) is 4.98 Å². The molecule has 118 valence electrons. The van der Waals surface area contributed by atoms with Gasteiger partial charge in [0.25, 0.3) is 0 Å². The van der Waals surface area contributed by atoms with Crippen LogP contribution < -0.4 is 0 Å². The standard InChI is InChI=1S/C22H19NS/c1-14-11-15(2)21(16(3)12-14)20-13-18-9-10-19(23-22(18)24-20)17-7-5-4-6-8-17/h4-13H,1-3H3. The molecule has 0 bridgehead atoms. The van der Waals surface area contributed by atoms with Gasteiger partial charge < -0.3 is 0 Å². The summed E-state index contributed by atoms with van der Waals surface area (Å²) in [6.07, 6.45) is 0. The molecule has 0 saturated carbocycles. The van der Waals surface area contributed by atoms with Crippen molar-refractivity contribution < 1.29 is 0 Å². The Bertz CT molecular complexity index is 1010. The highest BCUT2D eigenvalue weighted by Gasteiger charge is 2.12. The maximum Gasteiger partial charge on any atom is 0.124 e. The number of aryl methyl sites for hydroxylation is 3. The number of aromatic nitrogens is 1. The van der Waals surface area contributed by atoms with E-state index < -0.39 is 0 Å². The zero-order valence-corrected chi connectivity index (χ0v) is 14.9. The van der Waals surface area contributed by atoms with Gasteiger partial charge in [-0.1, -0.05) is 48.0 Å². The predicted octanol–water partition coefficient (Wildman–Crippen LogP) is 6.56. The average molecular weight is 329 g/mol. The number of hydrogen-bond donors (Lipinski definition) is 0. The summed E-state index contributed by atoms with van der Waals surface area (Å²) in [6, 6.07) is 21.5. The van der Waals surface area contributed by atoms with Gasteiger partial charge in [0, 0.05) is 15.8 Å². The lowest BCUT2D eigenvalue weighted by molar-refractivity contribution is 1.33. The third-order valence-corrected chi connectivity index (χ3v) is 5.44. The van der Waals surface area contributed by atoms with Crippen LogP contribution in [0.25, 0.3) is 31.9 Å². The van der Waals surface area contributed by atoms with Crippen molar-refractivity contribution in [2.45, 2.75) is 20.8 Å². The molecule has 2 aromatic carbocycles. The molecule has 0 N–H and O–H groups in total. The summed E-state index contributed by atoms with van der Waals surface area (Å²) >= 11 is 1.78. The van der Waals surface area contributed by atoms with Crippen molar-refractivity contribution in [2.75, 3.05) is 0 Å². The number of thiophene rings is 1. The smallest absolute Gasteiger partial charge is 0.124 e. The Morgan fingerprint density at radius 3 is 2.21 bits per heavy atom.